The van der Waals surface area contributed by atoms with Crippen molar-refractivity contribution in [3.63, 3.8) is 0 Å². The molecule has 6 nitrogen and oxygen atoms in total. The molecule has 4 rings (SSSR count). The molecule has 1 amide bonds. The van der Waals surface area contributed by atoms with Crippen LogP contribution in [0.25, 0.3) is 5.65 Å². The molecule has 0 aromatic carbocycles. The summed E-state index contributed by atoms with van der Waals surface area (Å²) >= 11 is 5.97. The number of nitrogens with zero attached hydrogens (tertiary/aromatic N) is 3. The first-order valence-electron chi connectivity index (χ1n) is 7.77. The normalized spacial score (nSPS) is 20.9. The lowest BCUT2D eigenvalue weighted by molar-refractivity contribution is 0.0783. The number of furan rings is 1. The van der Waals surface area contributed by atoms with Crippen molar-refractivity contribution in [3.8, 4) is 0 Å². The summed E-state index contributed by atoms with van der Waals surface area (Å²) in [6.45, 7) is 2.91. The van der Waals surface area contributed by atoms with E-state index in [-0.39, 0.29) is 17.9 Å². The average molecular weight is 345 g/mol. The second-order valence-electron chi connectivity index (χ2n) is 6.17. The van der Waals surface area contributed by atoms with Crippen LogP contribution in [0.5, 0.6) is 0 Å². The zero-order valence-corrected chi connectivity index (χ0v) is 13.9. The number of hydrogen-bond donors (Lipinski definition) is 1. The number of aromatic nitrogens is 2. The molecule has 0 saturated carbocycles. The van der Waals surface area contributed by atoms with Gasteiger partial charge in [-0.25, -0.2) is 4.98 Å². The molecule has 7 heteroatoms. The smallest absolute Gasteiger partial charge is 0.274 e. The molecular weight excluding hydrogens is 328 g/mol. The molecule has 24 heavy (non-hydrogen) atoms. The van der Waals surface area contributed by atoms with Gasteiger partial charge in [0.2, 0.25) is 0 Å². The summed E-state index contributed by atoms with van der Waals surface area (Å²) in [6.07, 6.45) is 3.42. The Labute approximate surface area is 143 Å². The molecule has 1 aliphatic heterocycles. The maximum atomic E-state index is 12.8. The highest BCUT2D eigenvalue weighted by Crippen LogP contribution is 2.28. The Morgan fingerprint density at radius 2 is 2.12 bits per heavy atom. The van der Waals surface area contributed by atoms with E-state index < -0.39 is 0 Å². The van der Waals surface area contributed by atoms with E-state index in [2.05, 4.69) is 4.98 Å². The van der Waals surface area contributed by atoms with Crippen LogP contribution in [0.15, 0.2) is 41.1 Å². The van der Waals surface area contributed by atoms with Crippen LogP contribution in [0.2, 0.25) is 5.02 Å². The summed E-state index contributed by atoms with van der Waals surface area (Å²) in [7, 11) is 0. The summed E-state index contributed by atoms with van der Waals surface area (Å²) in [4.78, 5) is 18.9. The molecule has 0 aliphatic carbocycles. The van der Waals surface area contributed by atoms with Gasteiger partial charge in [-0.1, -0.05) is 11.6 Å². The van der Waals surface area contributed by atoms with Crippen molar-refractivity contribution in [1.82, 2.24) is 14.3 Å². The van der Waals surface area contributed by atoms with E-state index in [0.717, 1.165) is 11.5 Å². The van der Waals surface area contributed by atoms with Crippen LogP contribution in [0, 0.1) is 6.92 Å². The fourth-order valence-electron chi connectivity index (χ4n) is 3.18. The standard InChI is InChI=1S/C17H17ClN4O2/c1-10-2-4-15(24-10)12-7-22(8-13(12)19)17(23)14-9-21-6-11(18)3-5-16(21)20-14/h2-6,9,12-13H,7-8,19H2,1H3. The number of likely N-dealkylation sites (tertiary alicyclic amines) is 1. The zero-order valence-electron chi connectivity index (χ0n) is 13.1. The molecule has 2 N–H and O–H groups in total. The maximum Gasteiger partial charge on any atom is 0.274 e. The summed E-state index contributed by atoms with van der Waals surface area (Å²) in [5, 5.41) is 0.593. The van der Waals surface area contributed by atoms with Gasteiger partial charge in [0, 0.05) is 31.5 Å². The quantitative estimate of drug-likeness (QED) is 0.774. The summed E-state index contributed by atoms with van der Waals surface area (Å²) in [5.74, 6) is 1.56. The van der Waals surface area contributed by atoms with E-state index in [1.165, 1.54) is 0 Å². The molecule has 2 unspecified atom stereocenters. The van der Waals surface area contributed by atoms with Gasteiger partial charge in [-0.3, -0.25) is 4.79 Å². The number of nitrogens with two attached hydrogens (primary N) is 1. The van der Waals surface area contributed by atoms with Gasteiger partial charge in [0.15, 0.2) is 0 Å². The second-order valence-corrected chi connectivity index (χ2v) is 6.60. The lowest BCUT2D eigenvalue weighted by atomic mass is 10.0. The van der Waals surface area contributed by atoms with Gasteiger partial charge < -0.3 is 19.5 Å². The van der Waals surface area contributed by atoms with Crippen LogP contribution in [0.3, 0.4) is 0 Å². The molecule has 0 bridgehead atoms. The highest BCUT2D eigenvalue weighted by atomic mass is 35.5. The minimum atomic E-state index is -0.147. The summed E-state index contributed by atoms with van der Waals surface area (Å²) < 4.78 is 7.43. The lowest BCUT2D eigenvalue weighted by Crippen LogP contribution is -2.32. The zero-order chi connectivity index (χ0) is 16.8. The number of hydrogen-bond acceptors (Lipinski definition) is 4. The maximum absolute atomic E-state index is 12.8. The van der Waals surface area contributed by atoms with E-state index in [0.29, 0.717) is 29.5 Å². The number of fused-ring (bicyclic) bond motifs is 1. The molecule has 0 spiro atoms. The molecule has 3 aromatic rings. The molecule has 4 heterocycles. The Balaban J connectivity index is 1.58. The van der Waals surface area contributed by atoms with E-state index in [1.54, 1.807) is 33.8 Å². The predicted molar refractivity (Wildman–Crippen MR) is 90.3 cm³/mol. The number of amides is 1. The van der Waals surface area contributed by atoms with Gasteiger partial charge in [0.1, 0.15) is 22.9 Å². The highest BCUT2D eigenvalue weighted by Gasteiger charge is 2.36. The highest BCUT2D eigenvalue weighted by molar-refractivity contribution is 6.30. The number of aryl methyl sites for hydroxylation is 1. The van der Waals surface area contributed by atoms with Crippen molar-refractivity contribution in [2.75, 3.05) is 13.1 Å². The first-order chi connectivity index (χ1) is 11.5. The van der Waals surface area contributed by atoms with Crippen LogP contribution >= 0.6 is 11.6 Å². The number of rotatable bonds is 2. The number of carbonyl (C=O) groups is 1. The van der Waals surface area contributed by atoms with Gasteiger partial charge >= 0.3 is 0 Å². The van der Waals surface area contributed by atoms with Gasteiger partial charge in [0.05, 0.1) is 10.9 Å². The van der Waals surface area contributed by atoms with Gasteiger partial charge in [-0.15, -0.1) is 0 Å². The Morgan fingerprint density at radius 3 is 2.88 bits per heavy atom. The van der Waals surface area contributed by atoms with Crippen molar-refractivity contribution in [2.45, 2.75) is 18.9 Å². The third-order valence-corrected chi connectivity index (χ3v) is 4.64. The van der Waals surface area contributed by atoms with Crippen LogP contribution in [0.1, 0.15) is 27.9 Å². The van der Waals surface area contributed by atoms with E-state index in [1.807, 2.05) is 19.1 Å². The largest absolute Gasteiger partial charge is 0.466 e. The Hall–Kier alpha value is -2.31. The van der Waals surface area contributed by atoms with Gasteiger partial charge in [-0.05, 0) is 31.2 Å². The Morgan fingerprint density at radius 1 is 1.29 bits per heavy atom. The van der Waals surface area contributed by atoms with Crippen LogP contribution < -0.4 is 5.73 Å². The molecule has 3 aromatic heterocycles. The predicted octanol–water partition coefficient (Wildman–Crippen LogP) is 2.46. The molecule has 0 radical (unpaired) electrons. The van der Waals surface area contributed by atoms with E-state index >= 15 is 0 Å². The summed E-state index contributed by atoms with van der Waals surface area (Å²) in [5.41, 5.74) is 7.30. The molecule has 1 saturated heterocycles. The monoisotopic (exact) mass is 344 g/mol. The van der Waals surface area contributed by atoms with Crippen LogP contribution in [-0.4, -0.2) is 39.3 Å². The van der Waals surface area contributed by atoms with Gasteiger partial charge in [0.25, 0.3) is 5.91 Å². The van der Waals surface area contributed by atoms with Crippen LogP contribution in [0.4, 0.5) is 0 Å². The van der Waals surface area contributed by atoms with E-state index in [9.17, 15) is 4.79 Å². The van der Waals surface area contributed by atoms with E-state index in [4.69, 9.17) is 21.8 Å². The van der Waals surface area contributed by atoms with Crippen molar-refractivity contribution < 1.29 is 9.21 Å². The van der Waals surface area contributed by atoms with Crippen molar-refractivity contribution in [2.24, 2.45) is 5.73 Å². The first-order valence-corrected chi connectivity index (χ1v) is 8.14. The second kappa shape index (κ2) is 5.65. The van der Waals surface area contributed by atoms with Gasteiger partial charge in [-0.2, -0.15) is 0 Å². The minimum Gasteiger partial charge on any atom is -0.466 e. The number of carbonyl (C=O) groups excluding carboxylic acids is 1. The fraction of sp³-hybridized carbons (Fsp3) is 0.294. The van der Waals surface area contributed by atoms with Crippen molar-refractivity contribution >= 4 is 23.2 Å². The lowest BCUT2D eigenvalue weighted by Gasteiger charge is -2.14. The molecule has 1 aliphatic rings. The number of imidazole rings is 1. The third kappa shape index (κ3) is 2.57. The number of pyridine rings is 1. The Bertz CT molecular complexity index is 916. The topological polar surface area (TPSA) is 76.8 Å². The Kier molecular flexibility index (Phi) is 3.58. The molecule has 1 fully saturated rings. The van der Waals surface area contributed by atoms with Crippen LogP contribution in [-0.2, 0) is 0 Å². The molecular formula is C17H17ClN4O2. The SMILES string of the molecule is Cc1ccc(C2CN(C(=O)c3cn4cc(Cl)ccc4n3)CC2N)o1. The minimum absolute atomic E-state index is 0.00845. The fourth-order valence-corrected chi connectivity index (χ4v) is 3.35. The molecule has 124 valence electrons. The first kappa shape index (κ1) is 15.2. The number of halogens is 1. The molecule has 2 atom stereocenters. The average Bonchev–Trinajstić information content (AvgIpc) is 3.24. The summed E-state index contributed by atoms with van der Waals surface area (Å²) in [6, 6.07) is 7.23. The third-order valence-electron chi connectivity index (χ3n) is 4.41. The van der Waals surface area contributed by atoms with Crippen molar-refractivity contribution in [1.29, 1.82) is 0 Å². The van der Waals surface area contributed by atoms with Crippen molar-refractivity contribution in [3.05, 3.63) is 58.9 Å².